The van der Waals surface area contributed by atoms with Crippen LogP contribution in [0.3, 0.4) is 0 Å². The summed E-state index contributed by atoms with van der Waals surface area (Å²) in [6, 6.07) is 6.43. The predicted octanol–water partition coefficient (Wildman–Crippen LogP) is 0.835. The SMILES string of the molecule is Cn1c([C@H]2CCCN2C(=O)C[C@@H]2NC(=O)NC2=O)nc2ccccc21. The summed E-state index contributed by atoms with van der Waals surface area (Å²) in [6.07, 6.45) is 1.70. The molecule has 0 radical (unpaired) electrons. The van der Waals surface area contributed by atoms with E-state index in [1.807, 2.05) is 35.9 Å². The van der Waals surface area contributed by atoms with Gasteiger partial charge < -0.3 is 14.8 Å². The molecule has 2 saturated heterocycles. The predicted molar refractivity (Wildman–Crippen MR) is 89.5 cm³/mol. The molecule has 1 aromatic carbocycles. The number of hydrogen-bond acceptors (Lipinski definition) is 4. The number of amides is 4. The summed E-state index contributed by atoms with van der Waals surface area (Å²) >= 11 is 0. The minimum atomic E-state index is -0.790. The normalized spacial score (nSPS) is 23.2. The van der Waals surface area contributed by atoms with Crippen molar-refractivity contribution in [2.75, 3.05) is 6.54 Å². The van der Waals surface area contributed by atoms with Crippen LogP contribution < -0.4 is 10.6 Å². The lowest BCUT2D eigenvalue weighted by atomic mass is 10.1. The van der Waals surface area contributed by atoms with Crippen molar-refractivity contribution in [2.45, 2.75) is 31.3 Å². The molecular formula is C17H19N5O3. The maximum absolute atomic E-state index is 12.7. The fraction of sp³-hybridized carbons (Fsp3) is 0.412. The van der Waals surface area contributed by atoms with Crippen molar-refractivity contribution in [3.63, 3.8) is 0 Å². The second-order valence-corrected chi connectivity index (χ2v) is 6.48. The molecule has 25 heavy (non-hydrogen) atoms. The van der Waals surface area contributed by atoms with Gasteiger partial charge in [-0.3, -0.25) is 14.9 Å². The number of rotatable bonds is 3. The van der Waals surface area contributed by atoms with E-state index in [0.717, 1.165) is 29.7 Å². The first-order chi connectivity index (χ1) is 12.0. The highest BCUT2D eigenvalue weighted by molar-refractivity contribution is 6.05. The monoisotopic (exact) mass is 341 g/mol. The number of carbonyl (C=O) groups is 3. The number of imide groups is 1. The third-order valence-corrected chi connectivity index (χ3v) is 4.93. The Morgan fingerprint density at radius 2 is 2.12 bits per heavy atom. The van der Waals surface area contributed by atoms with Gasteiger partial charge in [-0.15, -0.1) is 0 Å². The lowest BCUT2D eigenvalue weighted by molar-refractivity contribution is -0.134. The Labute approximate surface area is 144 Å². The zero-order valence-corrected chi connectivity index (χ0v) is 13.9. The molecule has 0 saturated carbocycles. The molecule has 2 aromatic rings. The van der Waals surface area contributed by atoms with E-state index < -0.39 is 18.0 Å². The van der Waals surface area contributed by atoms with Gasteiger partial charge in [0, 0.05) is 13.6 Å². The molecular weight excluding hydrogens is 322 g/mol. The minimum absolute atomic E-state index is 0.0297. The molecule has 3 heterocycles. The van der Waals surface area contributed by atoms with Gasteiger partial charge in [-0.1, -0.05) is 12.1 Å². The van der Waals surface area contributed by atoms with Crippen LogP contribution in [0, 0.1) is 0 Å². The number of hydrogen-bond donors (Lipinski definition) is 2. The average Bonchev–Trinajstić information content (AvgIpc) is 3.26. The number of benzene rings is 1. The largest absolute Gasteiger partial charge is 0.332 e. The van der Waals surface area contributed by atoms with Gasteiger partial charge >= 0.3 is 6.03 Å². The Hall–Kier alpha value is -2.90. The van der Waals surface area contributed by atoms with Crippen molar-refractivity contribution >= 4 is 28.9 Å². The van der Waals surface area contributed by atoms with Crippen LogP contribution >= 0.6 is 0 Å². The maximum atomic E-state index is 12.7. The van der Waals surface area contributed by atoms with Gasteiger partial charge in [0.25, 0.3) is 5.91 Å². The fourth-order valence-corrected chi connectivity index (χ4v) is 3.69. The topological polar surface area (TPSA) is 96.3 Å². The van der Waals surface area contributed by atoms with Gasteiger partial charge in [-0.05, 0) is 25.0 Å². The quantitative estimate of drug-likeness (QED) is 0.809. The highest BCUT2D eigenvalue weighted by atomic mass is 16.2. The second-order valence-electron chi connectivity index (χ2n) is 6.48. The van der Waals surface area contributed by atoms with Gasteiger partial charge in [-0.2, -0.15) is 0 Å². The number of nitrogens with one attached hydrogen (secondary N) is 2. The van der Waals surface area contributed by atoms with Crippen LogP contribution in [0.5, 0.6) is 0 Å². The Kier molecular flexibility index (Phi) is 3.67. The smallest absolute Gasteiger partial charge is 0.322 e. The molecule has 2 atom stereocenters. The molecule has 4 amide bonds. The van der Waals surface area contributed by atoms with Crippen LogP contribution in [0.2, 0.25) is 0 Å². The van der Waals surface area contributed by atoms with Gasteiger partial charge in [-0.25, -0.2) is 9.78 Å². The maximum Gasteiger partial charge on any atom is 0.322 e. The van der Waals surface area contributed by atoms with Crippen LogP contribution in [0.15, 0.2) is 24.3 Å². The summed E-state index contributed by atoms with van der Waals surface area (Å²) in [5, 5.41) is 4.63. The minimum Gasteiger partial charge on any atom is -0.332 e. The van der Waals surface area contributed by atoms with Crippen molar-refractivity contribution in [1.29, 1.82) is 0 Å². The van der Waals surface area contributed by atoms with E-state index in [1.165, 1.54) is 0 Å². The van der Waals surface area contributed by atoms with E-state index in [9.17, 15) is 14.4 Å². The molecule has 1 aromatic heterocycles. The number of nitrogens with zero attached hydrogens (tertiary/aromatic N) is 3. The number of para-hydroxylation sites is 2. The molecule has 8 heteroatoms. The van der Waals surface area contributed by atoms with Gasteiger partial charge in [0.2, 0.25) is 5.91 Å². The third kappa shape index (κ3) is 2.63. The van der Waals surface area contributed by atoms with E-state index in [2.05, 4.69) is 10.6 Å². The summed E-state index contributed by atoms with van der Waals surface area (Å²) < 4.78 is 2.02. The zero-order valence-electron chi connectivity index (χ0n) is 13.9. The molecule has 130 valence electrons. The Bertz CT molecular complexity index is 874. The first kappa shape index (κ1) is 15.6. The molecule has 2 fully saturated rings. The van der Waals surface area contributed by atoms with Crippen LogP contribution in [-0.2, 0) is 16.6 Å². The summed E-state index contributed by atoms with van der Waals surface area (Å²) in [6.45, 7) is 0.634. The molecule has 2 aliphatic heterocycles. The van der Waals surface area contributed by atoms with Crippen molar-refractivity contribution in [3.8, 4) is 0 Å². The molecule has 0 spiro atoms. The highest BCUT2D eigenvalue weighted by Gasteiger charge is 2.37. The van der Waals surface area contributed by atoms with Crippen molar-refractivity contribution < 1.29 is 14.4 Å². The highest BCUT2D eigenvalue weighted by Crippen LogP contribution is 2.33. The second kappa shape index (κ2) is 5.87. The molecule has 0 unspecified atom stereocenters. The van der Waals surface area contributed by atoms with Crippen molar-refractivity contribution in [3.05, 3.63) is 30.1 Å². The van der Waals surface area contributed by atoms with Gasteiger partial charge in [0.15, 0.2) is 0 Å². The summed E-state index contributed by atoms with van der Waals surface area (Å²) in [5.74, 6) is 0.265. The first-order valence-electron chi connectivity index (χ1n) is 8.37. The molecule has 2 aliphatic rings. The Morgan fingerprint density at radius 3 is 2.84 bits per heavy atom. The van der Waals surface area contributed by atoms with Crippen LogP contribution in [-0.4, -0.2) is 44.9 Å². The molecule has 0 aliphatic carbocycles. The van der Waals surface area contributed by atoms with Crippen molar-refractivity contribution in [1.82, 2.24) is 25.1 Å². The van der Waals surface area contributed by atoms with Crippen molar-refractivity contribution in [2.24, 2.45) is 7.05 Å². The van der Waals surface area contributed by atoms with Crippen LogP contribution in [0.4, 0.5) is 4.79 Å². The van der Waals surface area contributed by atoms with Crippen LogP contribution in [0.25, 0.3) is 11.0 Å². The lowest BCUT2D eigenvalue weighted by Crippen LogP contribution is -2.39. The molecule has 2 N–H and O–H groups in total. The number of carbonyl (C=O) groups excluding carboxylic acids is 3. The molecule has 0 bridgehead atoms. The Balaban J connectivity index is 1.57. The van der Waals surface area contributed by atoms with E-state index in [-0.39, 0.29) is 18.4 Å². The number of fused-ring (bicyclic) bond motifs is 1. The van der Waals surface area contributed by atoms with E-state index >= 15 is 0 Å². The number of urea groups is 1. The average molecular weight is 341 g/mol. The van der Waals surface area contributed by atoms with E-state index in [1.54, 1.807) is 4.90 Å². The number of likely N-dealkylation sites (tertiary alicyclic amines) is 1. The third-order valence-electron chi connectivity index (χ3n) is 4.93. The zero-order chi connectivity index (χ0) is 17.6. The van der Waals surface area contributed by atoms with Crippen LogP contribution in [0.1, 0.15) is 31.1 Å². The summed E-state index contributed by atoms with van der Waals surface area (Å²) in [7, 11) is 1.95. The van der Waals surface area contributed by atoms with Gasteiger partial charge in [0.05, 0.1) is 23.5 Å². The molecule has 4 rings (SSSR count). The number of aromatic nitrogens is 2. The van der Waals surface area contributed by atoms with Gasteiger partial charge in [0.1, 0.15) is 11.9 Å². The van der Waals surface area contributed by atoms with E-state index in [0.29, 0.717) is 6.54 Å². The molecule has 8 nitrogen and oxygen atoms in total. The fourth-order valence-electron chi connectivity index (χ4n) is 3.69. The van der Waals surface area contributed by atoms with E-state index in [4.69, 9.17) is 4.98 Å². The summed E-state index contributed by atoms with van der Waals surface area (Å²) in [5.41, 5.74) is 1.93. The number of imidazole rings is 1. The lowest BCUT2D eigenvalue weighted by Gasteiger charge is -2.25. The number of aryl methyl sites for hydroxylation is 1. The summed E-state index contributed by atoms with van der Waals surface area (Å²) in [4.78, 5) is 42.1. The standard InChI is InChI=1S/C17H19N5O3/c1-21-12-6-3-2-5-10(12)18-15(21)13-7-4-8-22(13)14(23)9-11-16(24)20-17(25)19-11/h2-3,5-6,11,13H,4,7-9H2,1H3,(H2,19,20,24,25)/t11-,13+/m0/s1. The Morgan fingerprint density at radius 1 is 1.32 bits per heavy atom. The first-order valence-corrected chi connectivity index (χ1v) is 8.37.